The number of aryl methyl sites for hydroxylation is 2. The van der Waals surface area contributed by atoms with Crippen LogP contribution >= 0.6 is 0 Å². The fourth-order valence-electron chi connectivity index (χ4n) is 2.82. The lowest BCUT2D eigenvalue weighted by atomic mass is 10.0. The summed E-state index contributed by atoms with van der Waals surface area (Å²) in [6.45, 7) is 3.56. The number of likely N-dealkylation sites (N-methyl/N-ethyl adjacent to an activating group) is 1. The van der Waals surface area contributed by atoms with Crippen molar-refractivity contribution in [1.29, 1.82) is 0 Å². The maximum absolute atomic E-state index is 12.7. The lowest BCUT2D eigenvalue weighted by Crippen LogP contribution is -2.48. The molecular formula is C14H25N5O. The molecule has 1 fully saturated rings. The number of nitrogen functional groups attached to an aromatic ring is 1. The predicted molar refractivity (Wildman–Crippen MR) is 79.6 cm³/mol. The first-order valence-electron chi connectivity index (χ1n) is 7.22. The molecule has 1 atom stereocenters. The van der Waals surface area contributed by atoms with Crippen LogP contribution in [0.4, 0.5) is 5.69 Å². The van der Waals surface area contributed by atoms with Gasteiger partial charge in [0.1, 0.15) is 5.69 Å². The van der Waals surface area contributed by atoms with Crippen molar-refractivity contribution in [3.8, 4) is 0 Å². The molecule has 1 saturated heterocycles. The third-order valence-electron chi connectivity index (χ3n) is 4.11. The third-order valence-corrected chi connectivity index (χ3v) is 4.11. The molecule has 112 valence electrons. The summed E-state index contributed by atoms with van der Waals surface area (Å²) in [4.78, 5) is 16.8. The van der Waals surface area contributed by atoms with E-state index < -0.39 is 0 Å². The van der Waals surface area contributed by atoms with Crippen LogP contribution < -0.4 is 5.73 Å². The van der Waals surface area contributed by atoms with Crippen molar-refractivity contribution in [2.75, 3.05) is 32.9 Å². The Hall–Kier alpha value is -1.56. The van der Waals surface area contributed by atoms with Crippen molar-refractivity contribution >= 4 is 11.6 Å². The second kappa shape index (κ2) is 5.83. The quantitative estimate of drug-likeness (QED) is 0.886. The smallest absolute Gasteiger partial charge is 0.274 e. The van der Waals surface area contributed by atoms with Gasteiger partial charge in [0, 0.05) is 26.2 Å². The minimum Gasteiger partial charge on any atom is -0.395 e. The van der Waals surface area contributed by atoms with Gasteiger partial charge in [-0.1, -0.05) is 6.92 Å². The first-order valence-corrected chi connectivity index (χ1v) is 7.22. The Morgan fingerprint density at radius 2 is 2.20 bits per heavy atom. The van der Waals surface area contributed by atoms with Gasteiger partial charge in [0.25, 0.3) is 5.91 Å². The van der Waals surface area contributed by atoms with Crippen LogP contribution in [0.1, 0.15) is 35.9 Å². The van der Waals surface area contributed by atoms with Crippen molar-refractivity contribution in [3.63, 3.8) is 0 Å². The van der Waals surface area contributed by atoms with Crippen LogP contribution in [0.25, 0.3) is 0 Å². The van der Waals surface area contributed by atoms with Crippen LogP contribution in [-0.4, -0.2) is 58.7 Å². The zero-order valence-electron chi connectivity index (χ0n) is 12.9. The number of hydrogen-bond acceptors (Lipinski definition) is 4. The normalized spacial score (nSPS) is 19.6. The molecule has 1 aromatic heterocycles. The number of rotatable bonds is 3. The Balaban J connectivity index is 2.21. The van der Waals surface area contributed by atoms with Crippen molar-refractivity contribution < 1.29 is 4.79 Å². The minimum atomic E-state index is 0.00347. The Morgan fingerprint density at radius 1 is 1.50 bits per heavy atom. The van der Waals surface area contributed by atoms with Gasteiger partial charge in [0.05, 0.1) is 11.4 Å². The second-order valence-corrected chi connectivity index (χ2v) is 5.70. The maximum Gasteiger partial charge on any atom is 0.274 e. The summed E-state index contributed by atoms with van der Waals surface area (Å²) in [6, 6.07) is 0.424. The monoisotopic (exact) mass is 279 g/mol. The predicted octanol–water partition coefficient (Wildman–Crippen LogP) is 0.731. The molecule has 0 aliphatic carbocycles. The highest BCUT2D eigenvalue weighted by Crippen LogP contribution is 2.22. The summed E-state index contributed by atoms with van der Waals surface area (Å²) in [5.74, 6) is 0.00347. The molecule has 2 heterocycles. The second-order valence-electron chi connectivity index (χ2n) is 5.70. The highest BCUT2D eigenvalue weighted by molar-refractivity contribution is 5.98. The fourth-order valence-corrected chi connectivity index (χ4v) is 2.82. The fraction of sp³-hybridized carbons (Fsp3) is 0.714. The van der Waals surface area contributed by atoms with Crippen molar-refractivity contribution in [1.82, 2.24) is 19.6 Å². The van der Waals surface area contributed by atoms with Crippen LogP contribution in [0.5, 0.6) is 0 Å². The molecule has 2 N–H and O–H groups in total. The zero-order valence-corrected chi connectivity index (χ0v) is 12.9. The maximum atomic E-state index is 12.7. The Morgan fingerprint density at radius 3 is 2.75 bits per heavy atom. The topological polar surface area (TPSA) is 67.4 Å². The first-order chi connectivity index (χ1) is 9.45. The van der Waals surface area contributed by atoms with Gasteiger partial charge < -0.3 is 15.5 Å². The van der Waals surface area contributed by atoms with E-state index in [1.54, 1.807) is 11.7 Å². The van der Waals surface area contributed by atoms with E-state index in [2.05, 4.69) is 24.1 Å². The summed E-state index contributed by atoms with van der Waals surface area (Å²) in [6.07, 6.45) is 2.91. The van der Waals surface area contributed by atoms with E-state index in [0.29, 0.717) is 17.4 Å². The summed E-state index contributed by atoms with van der Waals surface area (Å²) in [5, 5.41) is 4.33. The van der Waals surface area contributed by atoms with Crippen LogP contribution in [0.3, 0.4) is 0 Å². The van der Waals surface area contributed by atoms with E-state index >= 15 is 0 Å². The Labute approximate surface area is 120 Å². The number of hydrogen-bond donors (Lipinski definition) is 1. The van der Waals surface area contributed by atoms with Gasteiger partial charge in [-0.2, -0.15) is 5.10 Å². The molecule has 1 aliphatic rings. The van der Waals surface area contributed by atoms with E-state index in [1.165, 1.54) is 0 Å². The summed E-state index contributed by atoms with van der Waals surface area (Å²) in [7, 11) is 5.91. The molecule has 2 rings (SSSR count). The Kier molecular flexibility index (Phi) is 4.32. The van der Waals surface area contributed by atoms with Gasteiger partial charge in [-0.05, 0) is 33.4 Å². The van der Waals surface area contributed by atoms with Crippen LogP contribution in [-0.2, 0) is 13.5 Å². The SMILES string of the molecule is CCc1nn(C)c(C(=O)N2CCCC(N(C)C)C2)c1N. The average Bonchev–Trinajstić information content (AvgIpc) is 2.72. The molecule has 0 saturated carbocycles. The van der Waals surface area contributed by atoms with Crippen molar-refractivity contribution in [3.05, 3.63) is 11.4 Å². The average molecular weight is 279 g/mol. The van der Waals surface area contributed by atoms with Gasteiger partial charge in [-0.3, -0.25) is 9.48 Å². The summed E-state index contributed by atoms with van der Waals surface area (Å²) in [5.41, 5.74) is 7.94. The van der Waals surface area contributed by atoms with E-state index in [-0.39, 0.29) is 5.91 Å². The number of piperidine rings is 1. The molecule has 1 amide bonds. The van der Waals surface area contributed by atoms with Gasteiger partial charge in [0.15, 0.2) is 0 Å². The molecule has 20 heavy (non-hydrogen) atoms. The molecule has 0 radical (unpaired) electrons. The molecule has 0 bridgehead atoms. The van der Waals surface area contributed by atoms with Crippen LogP contribution in [0.15, 0.2) is 0 Å². The number of likely N-dealkylation sites (tertiary alicyclic amines) is 1. The van der Waals surface area contributed by atoms with Crippen molar-refractivity contribution in [2.45, 2.75) is 32.2 Å². The number of nitrogens with two attached hydrogens (primary N) is 1. The minimum absolute atomic E-state index is 0.00347. The lowest BCUT2D eigenvalue weighted by Gasteiger charge is -2.36. The molecule has 1 aliphatic heterocycles. The van der Waals surface area contributed by atoms with Gasteiger partial charge >= 0.3 is 0 Å². The molecular weight excluding hydrogens is 254 g/mol. The Bertz CT molecular complexity index is 494. The van der Waals surface area contributed by atoms with E-state index in [1.807, 2.05) is 11.8 Å². The van der Waals surface area contributed by atoms with Crippen molar-refractivity contribution in [2.24, 2.45) is 7.05 Å². The van der Waals surface area contributed by atoms with E-state index in [9.17, 15) is 4.79 Å². The molecule has 6 heteroatoms. The number of aromatic nitrogens is 2. The number of amides is 1. The molecule has 6 nitrogen and oxygen atoms in total. The molecule has 0 spiro atoms. The first kappa shape index (κ1) is 14.8. The van der Waals surface area contributed by atoms with Gasteiger partial charge in [-0.15, -0.1) is 0 Å². The zero-order chi connectivity index (χ0) is 14.9. The summed E-state index contributed by atoms with van der Waals surface area (Å²) >= 11 is 0. The van der Waals surface area contributed by atoms with Crippen LogP contribution in [0, 0.1) is 0 Å². The highest BCUT2D eigenvalue weighted by atomic mass is 16.2. The largest absolute Gasteiger partial charge is 0.395 e. The molecule has 0 aromatic carbocycles. The molecule has 1 aromatic rings. The highest BCUT2D eigenvalue weighted by Gasteiger charge is 2.29. The third kappa shape index (κ3) is 2.65. The van der Waals surface area contributed by atoms with Gasteiger partial charge in [0.2, 0.25) is 0 Å². The molecule has 1 unspecified atom stereocenters. The van der Waals surface area contributed by atoms with E-state index in [0.717, 1.165) is 38.0 Å². The van der Waals surface area contributed by atoms with E-state index in [4.69, 9.17) is 5.73 Å². The number of nitrogens with zero attached hydrogens (tertiary/aromatic N) is 4. The number of carbonyl (C=O) groups is 1. The van der Waals surface area contributed by atoms with Gasteiger partial charge in [-0.25, -0.2) is 0 Å². The summed E-state index contributed by atoms with van der Waals surface area (Å²) < 4.78 is 1.62. The standard InChI is InChI=1S/C14H25N5O/c1-5-11-12(15)13(18(4)16-11)14(20)19-8-6-7-10(9-19)17(2)3/h10H,5-9,15H2,1-4H3. The number of anilines is 1. The lowest BCUT2D eigenvalue weighted by molar-refractivity contribution is 0.0625. The number of carbonyl (C=O) groups excluding carboxylic acids is 1. The van der Waals surface area contributed by atoms with Crippen LogP contribution in [0.2, 0.25) is 0 Å².